The summed E-state index contributed by atoms with van der Waals surface area (Å²) in [4.78, 5) is 28.3. The Morgan fingerprint density at radius 2 is 1.88 bits per heavy atom. The lowest BCUT2D eigenvalue weighted by atomic mass is 10.2. The van der Waals surface area contributed by atoms with Gasteiger partial charge in [0.05, 0.1) is 18.1 Å². The summed E-state index contributed by atoms with van der Waals surface area (Å²) in [5.74, 6) is -0.375. The van der Waals surface area contributed by atoms with E-state index < -0.39 is 5.82 Å². The number of esters is 1. The summed E-state index contributed by atoms with van der Waals surface area (Å²) in [6.45, 7) is 0.388. The van der Waals surface area contributed by atoms with E-state index >= 15 is 0 Å². The average Bonchev–Trinajstić information content (AvgIpc) is 2.99. The van der Waals surface area contributed by atoms with Crippen molar-refractivity contribution in [3.8, 4) is 0 Å². The Labute approximate surface area is 149 Å². The number of methoxy groups -OCH3 is 1. The van der Waals surface area contributed by atoms with Crippen LogP contribution in [0.3, 0.4) is 0 Å². The number of benzene rings is 2. The van der Waals surface area contributed by atoms with Crippen molar-refractivity contribution in [2.24, 2.45) is 0 Å². The standard InChI is InChI=1S/C19H18FN3O3/c1-26-18(24)12-23-16-5-3-2-4-15(16)22-17(23)10-11-21-19(25)13-6-8-14(20)9-7-13/h2-9H,10-12H2,1H3,(H,21,25). The maximum absolute atomic E-state index is 12.9. The van der Waals surface area contributed by atoms with Gasteiger partial charge in [0.2, 0.25) is 0 Å². The van der Waals surface area contributed by atoms with Gasteiger partial charge in [-0.3, -0.25) is 9.59 Å². The van der Waals surface area contributed by atoms with Gasteiger partial charge in [0.1, 0.15) is 18.2 Å². The number of hydrogen-bond acceptors (Lipinski definition) is 4. The molecule has 0 aliphatic heterocycles. The number of nitrogens with zero attached hydrogens (tertiary/aromatic N) is 2. The van der Waals surface area contributed by atoms with Crippen LogP contribution < -0.4 is 5.32 Å². The van der Waals surface area contributed by atoms with Crippen molar-refractivity contribution in [2.45, 2.75) is 13.0 Å². The molecule has 3 aromatic rings. The molecule has 26 heavy (non-hydrogen) atoms. The number of amides is 1. The van der Waals surface area contributed by atoms with E-state index in [4.69, 9.17) is 4.74 Å². The van der Waals surface area contributed by atoms with Crippen LogP contribution in [0.1, 0.15) is 16.2 Å². The highest BCUT2D eigenvalue weighted by Gasteiger charge is 2.14. The molecule has 0 saturated heterocycles. The fourth-order valence-electron chi connectivity index (χ4n) is 2.68. The molecule has 2 aromatic carbocycles. The highest BCUT2D eigenvalue weighted by Crippen LogP contribution is 2.16. The van der Waals surface area contributed by atoms with Crippen molar-refractivity contribution >= 4 is 22.9 Å². The lowest BCUT2D eigenvalue weighted by Crippen LogP contribution is -2.26. The molecule has 1 amide bonds. The van der Waals surface area contributed by atoms with Crippen molar-refractivity contribution in [1.82, 2.24) is 14.9 Å². The molecule has 6 nitrogen and oxygen atoms in total. The first-order chi connectivity index (χ1) is 12.6. The van der Waals surface area contributed by atoms with Gasteiger partial charge in [-0.15, -0.1) is 0 Å². The SMILES string of the molecule is COC(=O)Cn1c(CCNC(=O)c2ccc(F)cc2)nc2ccccc21. The van der Waals surface area contributed by atoms with Crippen LogP contribution in [0, 0.1) is 5.82 Å². The normalized spacial score (nSPS) is 10.7. The second-order valence-corrected chi connectivity index (χ2v) is 5.69. The van der Waals surface area contributed by atoms with E-state index in [1.807, 2.05) is 24.3 Å². The molecule has 1 heterocycles. The molecule has 1 N–H and O–H groups in total. The summed E-state index contributed by atoms with van der Waals surface area (Å²) < 4.78 is 19.5. The van der Waals surface area contributed by atoms with Crippen LogP contribution in [0.2, 0.25) is 0 Å². The lowest BCUT2D eigenvalue weighted by molar-refractivity contribution is -0.141. The molecular weight excluding hydrogens is 337 g/mol. The van der Waals surface area contributed by atoms with E-state index in [1.54, 1.807) is 4.57 Å². The van der Waals surface area contributed by atoms with Crippen molar-refractivity contribution in [3.05, 3.63) is 65.7 Å². The number of aromatic nitrogens is 2. The summed E-state index contributed by atoms with van der Waals surface area (Å²) in [5, 5.41) is 2.77. The van der Waals surface area contributed by atoms with Gasteiger partial charge in [-0.05, 0) is 36.4 Å². The minimum absolute atomic E-state index is 0.0538. The first kappa shape index (κ1) is 17.6. The number of rotatable bonds is 6. The second kappa shape index (κ2) is 7.77. The minimum Gasteiger partial charge on any atom is -0.468 e. The van der Waals surface area contributed by atoms with Crippen molar-refractivity contribution in [3.63, 3.8) is 0 Å². The van der Waals surface area contributed by atoms with E-state index in [-0.39, 0.29) is 18.4 Å². The largest absolute Gasteiger partial charge is 0.468 e. The molecule has 134 valence electrons. The van der Waals surface area contributed by atoms with Crippen LogP contribution in [0.4, 0.5) is 4.39 Å². The summed E-state index contributed by atoms with van der Waals surface area (Å²) in [6.07, 6.45) is 0.443. The Morgan fingerprint density at radius 3 is 2.62 bits per heavy atom. The average molecular weight is 355 g/mol. The predicted molar refractivity (Wildman–Crippen MR) is 94.2 cm³/mol. The number of halogens is 1. The highest BCUT2D eigenvalue weighted by atomic mass is 19.1. The molecule has 0 unspecified atom stereocenters. The first-order valence-corrected chi connectivity index (χ1v) is 8.13. The van der Waals surface area contributed by atoms with Crippen LogP contribution in [0.15, 0.2) is 48.5 Å². The maximum Gasteiger partial charge on any atom is 0.325 e. The Hall–Kier alpha value is -3.22. The quantitative estimate of drug-likeness (QED) is 0.689. The molecule has 0 saturated carbocycles. The predicted octanol–water partition coefficient (Wildman–Crippen LogP) is 2.32. The van der Waals surface area contributed by atoms with Gasteiger partial charge in [-0.1, -0.05) is 12.1 Å². The van der Waals surface area contributed by atoms with E-state index in [2.05, 4.69) is 10.3 Å². The molecule has 3 rings (SSSR count). The van der Waals surface area contributed by atoms with Gasteiger partial charge in [0, 0.05) is 18.5 Å². The zero-order valence-corrected chi connectivity index (χ0v) is 14.2. The van der Waals surface area contributed by atoms with Crippen LogP contribution >= 0.6 is 0 Å². The summed E-state index contributed by atoms with van der Waals surface area (Å²) in [5.41, 5.74) is 1.99. The number of imidazole rings is 1. The molecule has 7 heteroatoms. The third-order valence-corrected chi connectivity index (χ3v) is 3.99. The van der Waals surface area contributed by atoms with E-state index in [1.165, 1.54) is 31.4 Å². The van der Waals surface area contributed by atoms with Crippen LogP contribution in [0.25, 0.3) is 11.0 Å². The molecule has 0 atom stereocenters. The topological polar surface area (TPSA) is 73.2 Å². The third-order valence-electron chi connectivity index (χ3n) is 3.99. The summed E-state index contributed by atoms with van der Waals surface area (Å²) >= 11 is 0. The first-order valence-electron chi connectivity index (χ1n) is 8.13. The second-order valence-electron chi connectivity index (χ2n) is 5.69. The number of nitrogens with one attached hydrogen (secondary N) is 1. The molecule has 0 bridgehead atoms. The fourth-order valence-corrected chi connectivity index (χ4v) is 2.68. The Bertz CT molecular complexity index is 935. The minimum atomic E-state index is -0.391. The van der Waals surface area contributed by atoms with E-state index in [9.17, 15) is 14.0 Å². The van der Waals surface area contributed by atoms with Crippen molar-refractivity contribution < 1.29 is 18.7 Å². The third kappa shape index (κ3) is 3.88. The molecular formula is C19H18FN3O3. The molecule has 0 fully saturated rings. The Balaban J connectivity index is 1.71. The smallest absolute Gasteiger partial charge is 0.325 e. The number of carbonyl (C=O) groups is 2. The van der Waals surface area contributed by atoms with Crippen molar-refractivity contribution in [1.29, 1.82) is 0 Å². The van der Waals surface area contributed by atoms with Gasteiger partial charge < -0.3 is 14.6 Å². The van der Waals surface area contributed by atoms with E-state index in [0.717, 1.165) is 11.0 Å². The van der Waals surface area contributed by atoms with Gasteiger partial charge >= 0.3 is 5.97 Å². The number of hydrogen-bond donors (Lipinski definition) is 1. The van der Waals surface area contributed by atoms with Crippen LogP contribution in [-0.4, -0.2) is 35.1 Å². The molecule has 0 aliphatic carbocycles. The fraction of sp³-hybridized carbons (Fsp3) is 0.211. The number of ether oxygens (including phenoxy) is 1. The number of para-hydroxylation sites is 2. The molecule has 0 spiro atoms. The van der Waals surface area contributed by atoms with E-state index in [0.29, 0.717) is 24.4 Å². The van der Waals surface area contributed by atoms with Gasteiger partial charge in [-0.25, -0.2) is 9.37 Å². The van der Waals surface area contributed by atoms with Crippen LogP contribution in [0.5, 0.6) is 0 Å². The Morgan fingerprint density at radius 1 is 1.15 bits per heavy atom. The lowest BCUT2D eigenvalue weighted by Gasteiger charge is -2.09. The number of fused-ring (bicyclic) bond motifs is 1. The maximum atomic E-state index is 12.9. The summed E-state index contributed by atoms with van der Waals surface area (Å²) in [7, 11) is 1.34. The monoisotopic (exact) mass is 355 g/mol. The summed E-state index contributed by atoms with van der Waals surface area (Å²) in [6, 6.07) is 12.8. The van der Waals surface area contributed by atoms with Crippen molar-refractivity contribution in [2.75, 3.05) is 13.7 Å². The number of carbonyl (C=O) groups excluding carboxylic acids is 2. The molecule has 0 radical (unpaired) electrons. The zero-order chi connectivity index (χ0) is 18.5. The zero-order valence-electron chi connectivity index (χ0n) is 14.2. The van der Waals surface area contributed by atoms with Gasteiger partial charge in [0.25, 0.3) is 5.91 Å². The highest BCUT2D eigenvalue weighted by molar-refractivity contribution is 5.94. The molecule has 0 aliphatic rings. The van der Waals surface area contributed by atoms with Gasteiger partial charge in [0.15, 0.2) is 0 Å². The van der Waals surface area contributed by atoms with Crippen LogP contribution in [-0.2, 0) is 22.5 Å². The Kier molecular flexibility index (Phi) is 5.26. The van der Waals surface area contributed by atoms with Gasteiger partial charge in [-0.2, -0.15) is 0 Å². The molecule has 1 aromatic heterocycles.